The molecule has 0 spiro atoms. The molecular weight excluding hydrogens is 790 g/mol. The van der Waals surface area contributed by atoms with Crippen molar-refractivity contribution in [2.75, 3.05) is 16.4 Å². The summed E-state index contributed by atoms with van der Waals surface area (Å²) in [6, 6.07) is 1.76. The van der Waals surface area contributed by atoms with E-state index in [9.17, 15) is 44.3 Å². The zero-order chi connectivity index (χ0) is 35.9. The number of halogens is 10. The fourth-order valence-corrected chi connectivity index (χ4v) is 5.82. The van der Waals surface area contributed by atoms with Gasteiger partial charge in [-0.15, -0.1) is 13.2 Å². The van der Waals surface area contributed by atoms with Crippen LogP contribution in [-0.4, -0.2) is 47.1 Å². The molecule has 2 atom stereocenters. The molecule has 0 bridgehead atoms. The number of carbonyl (C=O) groups excluding carboxylic acids is 1. The van der Waals surface area contributed by atoms with E-state index < -0.39 is 65.5 Å². The van der Waals surface area contributed by atoms with Crippen LogP contribution in [0.2, 0.25) is 0 Å². The van der Waals surface area contributed by atoms with Gasteiger partial charge in [-0.05, 0) is 72.5 Å². The highest BCUT2D eigenvalue weighted by Gasteiger charge is 2.42. The molecule has 0 fully saturated rings. The number of fused-ring (bicyclic) bond motifs is 1. The predicted molar refractivity (Wildman–Crippen MR) is 163 cm³/mol. The first-order valence-electron chi connectivity index (χ1n) is 14.4. The van der Waals surface area contributed by atoms with Gasteiger partial charge < -0.3 is 9.64 Å². The topological polar surface area (TPSA) is 102 Å². The van der Waals surface area contributed by atoms with Crippen LogP contribution in [0.3, 0.4) is 0 Å². The summed E-state index contributed by atoms with van der Waals surface area (Å²) in [4.78, 5) is 24.1. The predicted octanol–water partition coefficient (Wildman–Crippen LogP) is 8.28. The van der Waals surface area contributed by atoms with Crippen molar-refractivity contribution in [2.45, 2.75) is 63.8 Å². The van der Waals surface area contributed by atoms with Crippen LogP contribution in [0.15, 0.2) is 48.8 Å². The monoisotopic (exact) mass is 814 g/mol. The molecule has 0 N–H and O–H groups in total. The first-order valence-corrected chi connectivity index (χ1v) is 15.4. The minimum absolute atomic E-state index is 0.0130. The lowest BCUT2D eigenvalue weighted by atomic mass is 9.87. The van der Waals surface area contributed by atoms with Crippen molar-refractivity contribution in [1.29, 1.82) is 0 Å². The molecule has 1 amide bonds. The molecule has 20 heteroatoms. The Morgan fingerprint density at radius 2 is 1.53 bits per heavy atom. The molecule has 1 aliphatic rings. The molecule has 49 heavy (non-hydrogen) atoms. The molecule has 0 unspecified atom stereocenters. The molecule has 2 aromatic carbocycles. The third-order valence-corrected chi connectivity index (χ3v) is 8.10. The fraction of sp³-hybridized carbons (Fsp3) is 0.379. The largest absolute Gasteiger partial charge is 0.449 e. The molecular formula is C29H24F9IN8O2. The molecule has 1 aliphatic heterocycles. The molecule has 0 saturated heterocycles. The van der Waals surface area contributed by atoms with Crippen molar-refractivity contribution in [1.82, 2.24) is 28.4 Å². The Hall–Kier alpha value is -4.24. The normalized spacial score (nSPS) is 16.8. The van der Waals surface area contributed by atoms with E-state index in [0.29, 0.717) is 12.1 Å². The lowest BCUT2D eigenvalue weighted by Gasteiger charge is -2.44. The van der Waals surface area contributed by atoms with E-state index in [2.05, 4.69) is 25.4 Å². The number of hydrogen-bond acceptors (Lipinski definition) is 8. The van der Waals surface area contributed by atoms with Crippen LogP contribution in [0.5, 0.6) is 0 Å². The number of hydrogen-bond donors (Lipinski definition) is 0. The third kappa shape index (κ3) is 7.82. The first kappa shape index (κ1) is 36.1. The van der Waals surface area contributed by atoms with Gasteiger partial charge >= 0.3 is 24.6 Å². The fourth-order valence-electron chi connectivity index (χ4n) is 5.51. The van der Waals surface area contributed by atoms with Gasteiger partial charge in [0.25, 0.3) is 0 Å². The summed E-state index contributed by atoms with van der Waals surface area (Å²) in [7, 11) is 0. The standard InChI is InChI=1S/C29H24F9IN8O2/c1-3-20-11-23(21-10-17(27(30,31)32)5-6-22(21)46(20)26(48)49-4-2)45(25-40-12-16(13-41-25)24-42-44-47(39)43-24)14-15-7-18(28(33,34)35)9-19(8-15)29(36,37)38/h5-10,12-13,20,23H,3-4,11,14H2,1-2H3/t20-,23+/m1/s1. The van der Waals surface area contributed by atoms with Crippen molar-refractivity contribution in [3.8, 4) is 11.4 Å². The molecule has 3 heterocycles. The van der Waals surface area contributed by atoms with E-state index >= 15 is 0 Å². The van der Waals surface area contributed by atoms with Gasteiger partial charge in [0.1, 0.15) is 22.9 Å². The van der Waals surface area contributed by atoms with E-state index in [1.807, 2.05) is 0 Å². The summed E-state index contributed by atoms with van der Waals surface area (Å²) in [6.45, 7) is 2.50. The Kier molecular flexibility index (Phi) is 9.99. The quantitative estimate of drug-likeness (QED) is 0.136. The lowest BCUT2D eigenvalue weighted by Crippen LogP contribution is -2.48. The minimum atomic E-state index is -5.16. The smallest absolute Gasteiger partial charge is 0.416 e. The van der Waals surface area contributed by atoms with Crippen molar-refractivity contribution < 1.29 is 49.0 Å². The molecule has 0 radical (unpaired) electrons. The van der Waals surface area contributed by atoms with Gasteiger partial charge in [0.15, 0.2) is 0 Å². The Bertz CT molecular complexity index is 1780. The van der Waals surface area contributed by atoms with E-state index in [4.69, 9.17) is 4.74 Å². The highest BCUT2D eigenvalue weighted by atomic mass is 127. The molecule has 4 aromatic rings. The Morgan fingerprint density at radius 3 is 2.04 bits per heavy atom. The Labute approximate surface area is 285 Å². The van der Waals surface area contributed by atoms with Gasteiger partial charge in [-0.1, -0.05) is 6.92 Å². The molecule has 262 valence electrons. The summed E-state index contributed by atoms with van der Waals surface area (Å²) >= 11 is 1.73. The van der Waals surface area contributed by atoms with Crippen molar-refractivity contribution in [2.24, 2.45) is 0 Å². The SMILES string of the molecule is CCOC(=O)N1c2ccc(C(F)(F)F)cc2[C@@H](N(Cc2cc(C(F)(F)F)cc(C(F)(F)F)c2)c2ncc(-c3nnn(I)n3)cn2)C[C@H]1CC. The van der Waals surface area contributed by atoms with E-state index in [-0.39, 0.29) is 54.1 Å². The number of nitrogens with zero attached hydrogens (tertiary/aromatic N) is 8. The van der Waals surface area contributed by atoms with Gasteiger partial charge in [-0.2, -0.15) is 39.5 Å². The van der Waals surface area contributed by atoms with Crippen molar-refractivity contribution in [3.63, 3.8) is 0 Å². The van der Waals surface area contributed by atoms with E-state index in [1.165, 1.54) is 22.2 Å². The second-order valence-corrected chi connectivity index (χ2v) is 11.7. The second kappa shape index (κ2) is 13.6. The number of anilines is 2. The lowest BCUT2D eigenvalue weighted by molar-refractivity contribution is -0.143. The molecule has 0 aliphatic carbocycles. The zero-order valence-corrected chi connectivity index (χ0v) is 27.4. The molecule has 10 nitrogen and oxygen atoms in total. The van der Waals surface area contributed by atoms with Crippen LogP contribution in [0.1, 0.15) is 60.5 Å². The van der Waals surface area contributed by atoms with Crippen molar-refractivity contribution in [3.05, 3.63) is 76.6 Å². The van der Waals surface area contributed by atoms with Gasteiger partial charge in [0, 0.05) is 25.0 Å². The average molecular weight is 814 g/mol. The van der Waals surface area contributed by atoms with Gasteiger partial charge in [0.05, 0.1) is 40.6 Å². The van der Waals surface area contributed by atoms with E-state index in [1.54, 1.807) is 36.7 Å². The Morgan fingerprint density at radius 1 is 0.918 bits per heavy atom. The van der Waals surface area contributed by atoms with Crippen LogP contribution in [-0.2, 0) is 29.8 Å². The number of amides is 1. The van der Waals surface area contributed by atoms with Crippen LogP contribution >= 0.6 is 22.9 Å². The van der Waals surface area contributed by atoms with Crippen molar-refractivity contribution >= 4 is 40.6 Å². The van der Waals surface area contributed by atoms with Gasteiger partial charge in [-0.3, -0.25) is 4.90 Å². The molecule has 2 aromatic heterocycles. The summed E-state index contributed by atoms with van der Waals surface area (Å²) in [5, 5.41) is 11.6. The summed E-state index contributed by atoms with van der Waals surface area (Å²) in [6.07, 6.45) is -13.4. The maximum Gasteiger partial charge on any atom is 0.416 e. The number of aromatic nitrogens is 6. The maximum atomic E-state index is 14.0. The average Bonchev–Trinajstić information content (AvgIpc) is 3.47. The molecule has 5 rings (SSSR count). The highest BCUT2D eigenvalue weighted by Crippen LogP contribution is 2.46. The summed E-state index contributed by atoms with van der Waals surface area (Å²) in [5.41, 5.74) is -4.57. The second-order valence-electron chi connectivity index (χ2n) is 10.8. The maximum absolute atomic E-state index is 14.0. The number of ether oxygens (including phenoxy) is 1. The van der Waals surface area contributed by atoms with Crippen LogP contribution in [0, 0.1) is 0 Å². The summed E-state index contributed by atoms with van der Waals surface area (Å²) in [5.74, 6) is -0.154. The first-order chi connectivity index (χ1) is 22.9. The van der Waals surface area contributed by atoms with Crippen LogP contribution in [0.4, 0.5) is 55.9 Å². The number of rotatable bonds is 7. The third-order valence-electron chi connectivity index (χ3n) is 7.69. The zero-order valence-electron chi connectivity index (χ0n) is 25.3. The van der Waals surface area contributed by atoms with Crippen LogP contribution < -0.4 is 9.80 Å². The van der Waals surface area contributed by atoms with E-state index in [0.717, 1.165) is 21.2 Å². The number of carbonyl (C=O) groups is 1. The highest BCUT2D eigenvalue weighted by molar-refractivity contribution is 14.1. The minimum Gasteiger partial charge on any atom is -0.449 e. The Balaban J connectivity index is 1.72. The number of tetrazole rings is 1. The number of alkyl halides is 9. The molecule has 0 saturated carbocycles. The van der Waals surface area contributed by atoms with Crippen LogP contribution in [0.25, 0.3) is 11.4 Å². The number of benzene rings is 2. The van der Waals surface area contributed by atoms with Gasteiger partial charge in [0.2, 0.25) is 11.8 Å². The van der Waals surface area contributed by atoms with Gasteiger partial charge in [-0.25, -0.2) is 14.8 Å². The summed E-state index contributed by atoms with van der Waals surface area (Å²) < 4.78 is 131.